The van der Waals surface area contributed by atoms with E-state index in [2.05, 4.69) is 52.3 Å². The van der Waals surface area contributed by atoms with Gasteiger partial charge in [0, 0.05) is 53.6 Å². The van der Waals surface area contributed by atoms with E-state index in [1.54, 1.807) is 13.4 Å². The van der Waals surface area contributed by atoms with Gasteiger partial charge in [0.05, 0.1) is 18.8 Å². The van der Waals surface area contributed by atoms with E-state index in [9.17, 15) is 4.79 Å². The van der Waals surface area contributed by atoms with Crippen LogP contribution in [0.25, 0.3) is 27.1 Å². The highest BCUT2D eigenvalue weighted by Gasteiger charge is 2.46. The number of nitrogens with one attached hydrogen (secondary N) is 2. The molecule has 3 atom stereocenters. The van der Waals surface area contributed by atoms with Gasteiger partial charge in [-0.15, -0.1) is 11.3 Å². The van der Waals surface area contributed by atoms with Gasteiger partial charge in [-0.3, -0.25) is 9.69 Å². The third-order valence-corrected chi connectivity index (χ3v) is 9.99. The number of nitrogens with zero attached hydrogens (tertiary/aromatic N) is 4. The third-order valence-electron chi connectivity index (χ3n) is 8.65. The maximum Gasteiger partial charge on any atom is 0.233 e. The molecule has 8 nitrogen and oxygen atoms in total. The number of ether oxygens (including phenoxy) is 1. The van der Waals surface area contributed by atoms with Crippen molar-refractivity contribution >= 4 is 33.1 Å². The SMILES string of the molecule is CNC(=O)CN1C[C@@H]2C[C@H]1C[C@H]2c1sc2[nH]c(-c3cn4ncnc4c4c3CCO4)c(C(C)C)c2c1C. The minimum atomic E-state index is 0.120. The molecule has 0 unspecified atom stereocenters. The Hall–Kier alpha value is -2.91. The Balaban J connectivity index is 1.29. The molecule has 3 aliphatic rings. The summed E-state index contributed by atoms with van der Waals surface area (Å²) >= 11 is 1.95. The molecule has 0 spiro atoms. The fourth-order valence-corrected chi connectivity index (χ4v) is 8.49. The highest BCUT2D eigenvalue weighted by atomic mass is 32.1. The van der Waals surface area contributed by atoms with Crippen LogP contribution in [0.4, 0.5) is 0 Å². The summed E-state index contributed by atoms with van der Waals surface area (Å²) in [7, 11) is 1.72. The van der Waals surface area contributed by atoms with Crippen molar-refractivity contribution in [2.75, 3.05) is 26.7 Å². The lowest BCUT2D eigenvalue weighted by Crippen LogP contribution is -2.41. The van der Waals surface area contributed by atoms with Crippen LogP contribution < -0.4 is 10.1 Å². The van der Waals surface area contributed by atoms with Crippen molar-refractivity contribution in [3.8, 4) is 17.0 Å². The quantitative estimate of drug-likeness (QED) is 0.425. The van der Waals surface area contributed by atoms with Gasteiger partial charge in [-0.2, -0.15) is 5.10 Å². The van der Waals surface area contributed by atoms with E-state index in [0.29, 0.717) is 36.9 Å². The molecule has 2 bridgehead atoms. The third kappa shape index (κ3) is 3.11. The van der Waals surface area contributed by atoms with Crippen LogP contribution in [0.1, 0.15) is 60.1 Å². The second-order valence-corrected chi connectivity index (χ2v) is 12.0. The zero-order chi connectivity index (χ0) is 24.7. The van der Waals surface area contributed by atoms with E-state index in [1.807, 2.05) is 15.9 Å². The lowest BCUT2D eigenvalue weighted by Gasteiger charge is -2.30. The molecule has 2 aliphatic heterocycles. The zero-order valence-electron chi connectivity index (χ0n) is 21.2. The Morgan fingerprint density at radius 1 is 1.36 bits per heavy atom. The molecule has 7 rings (SSSR count). The van der Waals surface area contributed by atoms with E-state index in [4.69, 9.17) is 4.74 Å². The van der Waals surface area contributed by atoms with Crippen molar-refractivity contribution in [2.45, 2.75) is 57.9 Å². The fraction of sp³-hybridized carbons (Fsp3) is 0.519. The normalized spacial score (nSPS) is 23.3. The largest absolute Gasteiger partial charge is 0.489 e. The van der Waals surface area contributed by atoms with Gasteiger partial charge in [-0.1, -0.05) is 13.8 Å². The monoisotopic (exact) mass is 504 g/mol. The molecule has 9 heteroatoms. The number of carbonyl (C=O) groups excluding carboxylic acids is 1. The second kappa shape index (κ2) is 8.05. The number of aromatic amines is 1. The van der Waals surface area contributed by atoms with E-state index in [0.717, 1.165) is 30.8 Å². The lowest BCUT2D eigenvalue weighted by molar-refractivity contribution is -0.122. The molecule has 4 aromatic rings. The molecule has 0 aromatic carbocycles. The molecule has 4 aromatic heterocycles. The van der Waals surface area contributed by atoms with E-state index >= 15 is 0 Å². The van der Waals surface area contributed by atoms with Gasteiger partial charge in [-0.05, 0) is 48.6 Å². The van der Waals surface area contributed by atoms with Crippen molar-refractivity contribution in [3.05, 3.63) is 34.1 Å². The van der Waals surface area contributed by atoms with Crippen LogP contribution in [-0.2, 0) is 11.2 Å². The van der Waals surface area contributed by atoms with Gasteiger partial charge < -0.3 is 15.0 Å². The minimum Gasteiger partial charge on any atom is -0.489 e. The number of pyridine rings is 1. The van der Waals surface area contributed by atoms with E-state index in [1.165, 1.54) is 49.5 Å². The summed E-state index contributed by atoms with van der Waals surface area (Å²) in [6.45, 7) is 9.15. The van der Waals surface area contributed by atoms with Crippen LogP contribution in [-0.4, -0.2) is 63.2 Å². The predicted octanol–water partition coefficient (Wildman–Crippen LogP) is 4.23. The maximum atomic E-state index is 11.9. The van der Waals surface area contributed by atoms with Gasteiger partial charge >= 0.3 is 0 Å². The Morgan fingerprint density at radius 3 is 2.97 bits per heavy atom. The molecular formula is C27H32N6O2S. The zero-order valence-corrected chi connectivity index (χ0v) is 22.0. The Labute approximate surface area is 214 Å². The Morgan fingerprint density at radius 2 is 2.22 bits per heavy atom. The van der Waals surface area contributed by atoms with E-state index in [-0.39, 0.29) is 5.91 Å². The molecule has 1 amide bonds. The lowest BCUT2D eigenvalue weighted by atomic mass is 9.88. The number of carbonyl (C=O) groups is 1. The highest BCUT2D eigenvalue weighted by Crippen LogP contribution is 2.53. The van der Waals surface area contributed by atoms with Crippen LogP contribution in [0.2, 0.25) is 0 Å². The smallest absolute Gasteiger partial charge is 0.233 e. The van der Waals surface area contributed by atoms with Gasteiger partial charge in [0.25, 0.3) is 0 Å². The number of aromatic nitrogens is 4. The van der Waals surface area contributed by atoms with Crippen LogP contribution in [0.5, 0.6) is 5.75 Å². The fourth-order valence-electron chi connectivity index (χ4n) is 7.05. The molecule has 1 saturated heterocycles. The predicted molar refractivity (Wildman–Crippen MR) is 141 cm³/mol. The number of fused-ring (bicyclic) bond motifs is 6. The number of piperidine rings is 1. The summed E-state index contributed by atoms with van der Waals surface area (Å²) in [6.07, 6.45) is 6.96. The van der Waals surface area contributed by atoms with Crippen LogP contribution in [0.15, 0.2) is 12.5 Å². The number of likely N-dealkylation sites (N-methyl/N-ethyl adjacent to an activating group) is 1. The summed E-state index contributed by atoms with van der Waals surface area (Å²) < 4.78 is 7.85. The summed E-state index contributed by atoms with van der Waals surface area (Å²) in [6, 6.07) is 0.522. The Bertz CT molecular complexity index is 1510. The van der Waals surface area contributed by atoms with Gasteiger partial charge in [0.15, 0.2) is 11.4 Å². The van der Waals surface area contributed by atoms with Gasteiger partial charge in [0.1, 0.15) is 11.2 Å². The van der Waals surface area contributed by atoms with Crippen LogP contribution in [0.3, 0.4) is 0 Å². The molecule has 2 N–H and O–H groups in total. The molecule has 1 saturated carbocycles. The Kier molecular flexibility index (Phi) is 4.98. The minimum absolute atomic E-state index is 0.120. The van der Waals surface area contributed by atoms with Crippen molar-refractivity contribution in [1.82, 2.24) is 29.8 Å². The van der Waals surface area contributed by atoms with Gasteiger partial charge in [0.2, 0.25) is 5.91 Å². The van der Waals surface area contributed by atoms with Gasteiger partial charge in [-0.25, -0.2) is 9.50 Å². The average molecular weight is 505 g/mol. The number of hydrogen-bond donors (Lipinski definition) is 2. The van der Waals surface area contributed by atoms with Crippen molar-refractivity contribution < 1.29 is 9.53 Å². The number of hydrogen-bond acceptors (Lipinski definition) is 6. The van der Waals surface area contributed by atoms with Crippen LogP contribution in [0, 0.1) is 12.8 Å². The van der Waals surface area contributed by atoms with Crippen molar-refractivity contribution in [3.63, 3.8) is 0 Å². The number of rotatable bonds is 5. The summed E-state index contributed by atoms with van der Waals surface area (Å²) in [5.41, 5.74) is 7.23. The molecule has 0 radical (unpaired) electrons. The number of amides is 1. The molecule has 1 aliphatic carbocycles. The number of H-pyrrole nitrogens is 1. The van der Waals surface area contributed by atoms with E-state index < -0.39 is 0 Å². The second-order valence-electron chi connectivity index (χ2n) is 10.9. The van der Waals surface area contributed by atoms with Crippen molar-refractivity contribution in [1.29, 1.82) is 0 Å². The summed E-state index contributed by atoms with van der Waals surface area (Å²) in [5.74, 6) is 2.60. The van der Waals surface area contributed by atoms with Crippen LogP contribution >= 0.6 is 11.3 Å². The standard InChI is InChI=1S/C27H32N6O2S/c1-13(2)21-22-14(3)25(18-8-16-7-15(18)9-32(16)11-20(34)28-4)36-27(22)31-23(21)19-10-33-26(29-12-30-33)24-17(19)5-6-35-24/h10,12-13,15-16,18,31H,5-9,11H2,1-4H3,(H,28,34)/t15-,16-,18+/m0/s1. The molecule has 36 heavy (non-hydrogen) atoms. The summed E-state index contributed by atoms with van der Waals surface area (Å²) in [5, 5.41) is 8.60. The first-order valence-electron chi connectivity index (χ1n) is 13.0. The number of likely N-dealkylation sites (tertiary alicyclic amines) is 1. The maximum absolute atomic E-state index is 11.9. The molecule has 188 valence electrons. The number of thiophene rings is 1. The molecule has 6 heterocycles. The number of aryl methyl sites for hydroxylation is 1. The first kappa shape index (κ1) is 22.3. The molecule has 2 fully saturated rings. The first-order chi connectivity index (χ1) is 17.4. The highest BCUT2D eigenvalue weighted by molar-refractivity contribution is 7.19. The van der Waals surface area contributed by atoms with Crippen molar-refractivity contribution in [2.24, 2.45) is 5.92 Å². The molecular weight excluding hydrogens is 472 g/mol. The first-order valence-corrected chi connectivity index (χ1v) is 13.8. The average Bonchev–Trinajstić information content (AvgIpc) is 3.68. The summed E-state index contributed by atoms with van der Waals surface area (Å²) in [4.78, 5) is 25.4. The topological polar surface area (TPSA) is 87.6 Å².